The Morgan fingerprint density at radius 2 is 2.10 bits per heavy atom. The van der Waals surface area contributed by atoms with Crippen LogP contribution in [-0.4, -0.2) is 36.7 Å². The molecule has 0 aromatic rings. The third-order valence-corrected chi connectivity index (χ3v) is 10.9. The molecule has 6 heteroatoms. The van der Waals surface area contributed by atoms with E-state index < -0.39 is 24.7 Å². The zero-order chi connectivity index (χ0) is 32.9. The Hall–Kier alpha value is -0.651. The maximum absolute atomic E-state index is 8.86. The SMILES string of the molecule is C[C@H]1CC=C(C2=[C-]CCCC2)[N-]C1.[2H]C([2H])([2H])[C@@H]1CCC2C(N1)OC1=C([C@H]3C[C@H]4C(C([2H])([2H])C(C)(C)C)=CSC4C[N-]3)[CH-]CCC12.[Ir]. The van der Waals surface area contributed by atoms with Gasteiger partial charge in [-0.3, -0.25) is 11.4 Å². The Morgan fingerprint density at radius 1 is 1.21 bits per heavy atom. The summed E-state index contributed by atoms with van der Waals surface area (Å²) in [5, 5.41) is 15.3. The molecule has 3 fully saturated rings. The van der Waals surface area contributed by atoms with Crippen molar-refractivity contribution in [3.8, 4) is 0 Å². The Bertz CT molecular complexity index is 1260. The van der Waals surface area contributed by atoms with E-state index in [1.807, 2.05) is 20.8 Å². The zero-order valence-electron chi connectivity index (χ0n) is 30.9. The Morgan fingerprint density at radius 3 is 2.83 bits per heavy atom. The summed E-state index contributed by atoms with van der Waals surface area (Å²) in [6, 6.07) is -0.476. The van der Waals surface area contributed by atoms with Crippen molar-refractivity contribution in [1.82, 2.24) is 5.32 Å². The number of piperidine rings is 2. The van der Waals surface area contributed by atoms with E-state index in [2.05, 4.69) is 41.5 Å². The summed E-state index contributed by atoms with van der Waals surface area (Å²) in [6.07, 6.45) is 17.0. The first-order valence-electron chi connectivity index (χ1n) is 18.7. The van der Waals surface area contributed by atoms with Gasteiger partial charge in [0.1, 0.15) is 6.23 Å². The van der Waals surface area contributed by atoms with Gasteiger partial charge >= 0.3 is 0 Å². The molecule has 0 saturated carbocycles. The molecule has 7 aliphatic rings. The molecule has 5 aliphatic heterocycles. The predicted octanol–water partition coefficient (Wildman–Crippen LogP) is 9.38. The van der Waals surface area contributed by atoms with Crippen molar-refractivity contribution in [3.05, 3.63) is 62.8 Å². The summed E-state index contributed by atoms with van der Waals surface area (Å²) < 4.78 is 47.6. The molecular formula is C36H53IrN3OS-4. The molecule has 0 spiro atoms. The summed E-state index contributed by atoms with van der Waals surface area (Å²) >= 11 is 1.75. The van der Waals surface area contributed by atoms with Crippen molar-refractivity contribution in [2.75, 3.05) is 13.1 Å². The fourth-order valence-electron chi connectivity index (χ4n) is 7.53. The van der Waals surface area contributed by atoms with Crippen molar-refractivity contribution < 1.29 is 31.7 Å². The molecule has 0 bridgehead atoms. The minimum Gasteiger partial charge on any atom is -0.769 e. The molecule has 8 atom stereocenters. The average Bonchev–Trinajstić information content (AvgIpc) is 3.62. The van der Waals surface area contributed by atoms with Gasteiger partial charge < -0.3 is 21.1 Å². The standard InChI is InChI=1S/C24H36N2OS.C12H17N.Ir/c1-14-8-9-17-16-6-5-7-18(22(16)27-23(17)26-14)20-10-19-15(11-24(2,3)4)13-28-21(19)12-25-20;1-10-7-8-12(13-9-10)11-5-3-2-4-6-11;/h7,13-14,16-17,19-21,23,26H,5-6,8-12H2,1-4H3;8,10H,2-5,7,9H2,1H3;/q2*-2;/t14-,16?,17?,19+,20-,21?,23?;10-;/m10./s1/i1D3,11D2;;. The van der Waals surface area contributed by atoms with Crippen molar-refractivity contribution in [2.24, 2.45) is 29.1 Å². The molecule has 3 saturated heterocycles. The quantitative estimate of drug-likeness (QED) is 0.291. The molecular weight excluding hydrogens is 715 g/mol. The first-order chi connectivity index (χ1) is 21.7. The maximum Gasteiger partial charge on any atom is 0.131 e. The van der Waals surface area contributed by atoms with Gasteiger partial charge in [0.2, 0.25) is 0 Å². The van der Waals surface area contributed by atoms with Gasteiger partial charge in [0.25, 0.3) is 0 Å². The van der Waals surface area contributed by atoms with Crippen LogP contribution < -0.4 is 5.32 Å². The molecule has 4 nitrogen and oxygen atoms in total. The minimum atomic E-state index is -2.01. The van der Waals surface area contributed by atoms with E-state index in [0.29, 0.717) is 23.5 Å². The number of rotatable bonds is 3. The van der Waals surface area contributed by atoms with E-state index in [4.69, 9.17) is 16.9 Å². The summed E-state index contributed by atoms with van der Waals surface area (Å²) in [4.78, 5) is 0. The number of nitrogens with zero attached hydrogens (tertiary/aromatic N) is 2. The van der Waals surface area contributed by atoms with Crippen LogP contribution in [0.25, 0.3) is 10.6 Å². The van der Waals surface area contributed by atoms with Crippen LogP contribution in [0.1, 0.15) is 112 Å². The average molecular weight is 773 g/mol. The number of thioether (sulfide) groups is 1. The van der Waals surface area contributed by atoms with Gasteiger partial charge in [0, 0.05) is 38.9 Å². The van der Waals surface area contributed by atoms with Gasteiger partial charge in [-0.25, -0.2) is 12.0 Å². The zero-order valence-corrected chi connectivity index (χ0v) is 29.1. The van der Waals surface area contributed by atoms with E-state index in [9.17, 15) is 0 Å². The number of allylic oxidation sites excluding steroid dienone is 5. The van der Waals surface area contributed by atoms with Gasteiger partial charge in [-0.2, -0.15) is 11.6 Å². The summed E-state index contributed by atoms with van der Waals surface area (Å²) in [5.74, 6) is 2.62. The van der Waals surface area contributed by atoms with Crippen LogP contribution in [0, 0.1) is 41.6 Å². The van der Waals surface area contributed by atoms with Crippen molar-refractivity contribution >= 4 is 11.8 Å². The Labute approximate surface area is 281 Å². The second-order valence-corrected chi connectivity index (χ2v) is 15.3. The fourth-order valence-corrected chi connectivity index (χ4v) is 8.71. The summed E-state index contributed by atoms with van der Waals surface area (Å²) in [5.41, 5.74) is 4.29. The van der Waals surface area contributed by atoms with Gasteiger partial charge in [-0.1, -0.05) is 77.7 Å². The number of fused-ring (bicyclic) bond motifs is 4. The Balaban J connectivity index is 0.000000260. The molecule has 0 aromatic heterocycles. The van der Waals surface area contributed by atoms with E-state index >= 15 is 0 Å². The van der Waals surface area contributed by atoms with E-state index in [0.717, 1.165) is 62.4 Å². The molecule has 1 radical (unpaired) electrons. The van der Waals surface area contributed by atoms with Crippen LogP contribution in [0.5, 0.6) is 0 Å². The molecule has 4 unspecified atom stereocenters. The largest absolute Gasteiger partial charge is 0.769 e. The monoisotopic (exact) mass is 773 g/mol. The van der Waals surface area contributed by atoms with Crippen molar-refractivity contribution in [1.29, 1.82) is 0 Å². The molecule has 0 amide bonds. The van der Waals surface area contributed by atoms with Crippen molar-refractivity contribution in [2.45, 2.75) is 129 Å². The summed E-state index contributed by atoms with van der Waals surface area (Å²) in [6.45, 7) is 7.94. The topological polar surface area (TPSA) is 49.5 Å². The molecule has 5 heterocycles. The summed E-state index contributed by atoms with van der Waals surface area (Å²) in [7, 11) is 0. The van der Waals surface area contributed by atoms with E-state index in [-0.39, 0.29) is 38.3 Å². The maximum atomic E-state index is 8.86. The van der Waals surface area contributed by atoms with E-state index in [1.54, 1.807) is 11.8 Å². The van der Waals surface area contributed by atoms with Crippen LogP contribution in [0.3, 0.4) is 0 Å². The van der Waals surface area contributed by atoms with Crippen LogP contribution in [-0.2, 0) is 24.8 Å². The molecule has 1 N–H and O–H groups in total. The first-order valence-corrected chi connectivity index (χ1v) is 17.2. The molecule has 237 valence electrons. The molecule has 42 heavy (non-hydrogen) atoms. The normalized spacial score (nSPS) is 39.9. The first kappa shape index (κ1) is 26.6. The fraction of sp³-hybridized carbons (Fsp3) is 0.750. The number of nitrogens with one attached hydrogen (secondary N) is 1. The Kier molecular flexibility index (Phi) is 8.97. The molecule has 2 aliphatic carbocycles. The van der Waals surface area contributed by atoms with Crippen LogP contribution in [0.2, 0.25) is 0 Å². The minimum absolute atomic E-state index is 0. The molecule has 0 aromatic carbocycles. The second-order valence-electron chi connectivity index (χ2n) is 14.2. The second kappa shape index (κ2) is 14.2. The van der Waals surface area contributed by atoms with Crippen molar-refractivity contribution in [3.63, 3.8) is 0 Å². The van der Waals surface area contributed by atoms with Gasteiger partial charge in [-0.05, 0) is 59.7 Å². The third kappa shape index (κ3) is 7.58. The van der Waals surface area contributed by atoms with Gasteiger partial charge in [-0.15, -0.1) is 43.7 Å². The van der Waals surface area contributed by atoms with Crippen LogP contribution in [0.4, 0.5) is 0 Å². The number of ether oxygens (including phenoxy) is 1. The van der Waals surface area contributed by atoms with E-state index in [1.165, 1.54) is 42.5 Å². The number of hydrogen-bond acceptors (Lipinski definition) is 3. The molecule has 7 rings (SSSR count). The smallest absolute Gasteiger partial charge is 0.131 e. The van der Waals surface area contributed by atoms with Gasteiger partial charge in [0.15, 0.2) is 0 Å². The van der Waals surface area contributed by atoms with Gasteiger partial charge in [0.05, 0.1) is 0 Å². The predicted molar refractivity (Wildman–Crippen MR) is 173 cm³/mol. The van der Waals surface area contributed by atoms with Crippen LogP contribution in [0.15, 0.2) is 39.7 Å². The third-order valence-electron chi connectivity index (χ3n) is 9.64. The number of hydrogen-bond donors (Lipinski definition) is 1. The van der Waals surface area contributed by atoms with Crippen LogP contribution >= 0.6 is 11.8 Å².